The van der Waals surface area contributed by atoms with Gasteiger partial charge in [-0.1, -0.05) is 25.7 Å². The molecule has 3 N–H and O–H groups in total. The van der Waals surface area contributed by atoms with Crippen LogP contribution in [0.25, 0.3) is 0 Å². The molecule has 2 aliphatic carbocycles. The molecule has 0 aromatic rings. The van der Waals surface area contributed by atoms with E-state index in [-0.39, 0.29) is 17.5 Å². The molecule has 2 rings (SSSR count). The molecular formula is C16H28N2O3. The number of amides is 1. The maximum absolute atomic E-state index is 12.4. The lowest BCUT2D eigenvalue weighted by molar-refractivity contribution is -0.149. The fourth-order valence-electron chi connectivity index (χ4n) is 3.95. The molecule has 1 amide bonds. The van der Waals surface area contributed by atoms with E-state index in [1.165, 1.54) is 6.42 Å². The Morgan fingerprint density at radius 2 is 1.81 bits per heavy atom. The monoisotopic (exact) mass is 296 g/mol. The number of carbonyl (C=O) groups excluding carboxylic acids is 1. The van der Waals surface area contributed by atoms with Crippen molar-refractivity contribution in [2.45, 2.75) is 76.3 Å². The summed E-state index contributed by atoms with van der Waals surface area (Å²) in [6.45, 7) is 1.75. The Bertz CT molecular complexity index is 404. The van der Waals surface area contributed by atoms with E-state index < -0.39 is 11.4 Å². The molecule has 0 heterocycles. The molecule has 0 aromatic carbocycles. The van der Waals surface area contributed by atoms with Crippen molar-refractivity contribution in [2.75, 3.05) is 7.05 Å². The number of hydrogen-bond acceptors (Lipinski definition) is 3. The smallest absolute Gasteiger partial charge is 0.311 e. The fourth-order valence-corrected chi connectivity index (χ4v) is 3.95. The third-order valence-corrected chi connectivity index (χ3v) is 5.62. The van der Waals surface area contributed by atoms with E-state index in [1.807, 2.05) is 7.05 Å². The zero-order valence-electron chi connectivity index (χ0n) is 13.2. The maximum atomic E-state index is 12.4. The molecule has 0 bridgehead atoms. The summed E-state index contributed by atoms with van der Waals surface area (Å²) in [7, 11) is 1.93. The lowest BCUT2D eigenvalue weighted by atomic mass is 9.79. The first-order valence-electron chi connectivity index (χ1n) is 8.14. The summed E-state index contributed by atoms with van der Waals surface area (Å²) in [6, 6.07) is -0.236. The molecule has 2 aliphatic rings. The Balaban J connectivity index is 1.96. The van der Waals surface area contributed by atoms with Gasteiger partial charge in [0.1, 0.15) is 0 Å². The van der Waals surface area contributed by atoms with Gasteiger partial charge < -0.3 is 15.7 Å². The first-order valence-corrected chi connectivity index (χ1v) is 8.14. The Morgan fingerprint density at radius 1 is 1.14 bits per heavy atom. The van der Waals surface area contributed by atoms with Gasteiger partial charge in [0.25, 0.3) is 0 Å². The van der Waals surface area contributed by atoms with Gasteiger partial charge >= 0.3 is 5.97 Å². The van der Waals surface area contributed by atoms with Crippen molar-refractivity contribution in [1.29, 1.82) is 0 Å². The van der Waals surface area contributed by atoms with Crippen LogP contribution >= 0.6 is 0 Å². The van der Waals surface area contributed by atoms with Gasteiger partial charge in [-0.3, -0.25) is 9.59 Å². The lowest BCUT2D eigenvalue weighted by Gasteiger charge is -2.37. The number of aliphatic carboxylic acids is 1. The first kappa shape index (κ1) is 16.3. The van der Waals surface area contributed by atoms with Crippen LogP contribution in [-0.4, -0.2) is 35.6 Å². The number of carboxylic acids is 1. The number of carbonyl (C=O) groups is 2. The Morgan fingerprint density at radius 3 is 2.38 bits per heavy atom. The average Bonchev–Trinajstić information content (AvgIpc) is 2.82. The third kappa shape index (κ3) is 3.39. The van der Waals surface area contributed by atoms with E-state index in [0.717, 1.165) is 38.5 Å². The van der Waals surface area contributed by atoms with Crippen molar-refractivity contribution < 1.29 is 14.7 Å². The molecule has 0 aromatic heterocycles. The summed E-state index contributed by atoms with van der Waals surface area (Å²) in [5.74, 6) is -0.808. The zero-order chi connectivity index (χ0) is 15.5. The Kier molecular flexibility index (Phi) is 4.91. The van der Waals surface area contributed by atoms with Crippen LogP contribution in [0, 0.1) is 5.41 Å². The summed E-state index contributed by atoms with van der Waals surface area (Å²) in [5, 5.41) is 15.7. The van der Waals surface area contributed by atoms with Crippen molar-refractivity contribution in [3.8, 4) is 0 Å². The van der Waals surface area contributed by atoms with Crippen LogP contribution in [0.5, 0.6) is 0 Å². The quantitative estimate of drug-likeness (QED) is 0.725. The third-order valence-electron chi connectivity index (χ3n) is 5.62. The lowest BCUT2D eigenvalue weighted by Crippen LogP contribution is -2.52. The minimum Gasteiger partial charge on any atom is -0.481 e. The molecule has 2 atom stereocenters. The van der Waals surface area contributed by atoms with E-state index in [2.05, 4.69) is 10.6 Å². The zero-order valence-corrected chi connectivity index (χ0v) is 13.2. The van der Waals surface area contributed by atoms with Gasteiger partial charge in [-0.15, -0.1) is 0 Å². The van der Waals surface area contributed by atoms with Gasteiger partial charge in [0, 0.05) is 18.0 Å². The van der Waals surface area contributed by atoms with Crippen molar-refractivity contribution in [3.05, 3.63) is 0 Å². The van der Waals surface area contributed by atoms with Gasteiger partial charge in [-0.05, 0) is 39.7 Å². The molecule has 2 unspecified atom stereocenters. The number of rotatable bonds is 5. The van der Waals surface area contributed by atoms with E-state index in [1.54, 1.807) is 6.92 Å². The van der Waals surface area contributed by atoms with Gasteiger partial charge in [-0.2, -0.15) is 0 Å². The predicted molar refractivity (Wildman–Crippen MR) is 81.0 cm³/mol. The molecule has 0 saturated heterocycles. The highest BCUT2D eigenvalue weighted by Gasteiger charge is 2.46. The van der Waals surface area contributed by atoms with Crippen LogP contribution in [0.3, 0.4) is 0 Å². The highest BCUT2D eigenvalue weighted by Crippen LogP contribution is 2.38. The topological polar surface area (TPSA) is 78.4 Å². The highest BCUT2D eigenvalue weighted by atomic mass is 16.4. The Labute approximate surface area is 126 Å². The minimum absolute atomic E-state index is 0.00868. The van der Waals surface area contributed by atoms with Crippen molar-refractivity contribution in [3.63, 3.8) is 0 Å². The molecule has 2 saturated carbocycles. The average molecular weight is 296 g/mol. The van der Waals surface area contributed by atoms with Crippen LogP contribution in [0.2, 0.25) is 0 Å². The summed E-state index contributed by atoms with van der Waals surface area (Å²) < 4.78 is 0. The molecule has 21 heavy (non-hydrogen) atoms. The summed E-state index contributed by atoms with van der Waals surface area (Å²) in [4.78, 5) is 23.9. The van der Waals surface area contributed by atoms with Gasteiger partial charge in [0.05, 0.1) is 5.41 Å². The highest BCUT2D eigenvalue weighted by molar-refractivity contribution is 5.81. The van der Waals surface area contributed by atoms with E-state index >= 15 is 0 Å². The second kappa shape index (κ2) is 6.34. The maximum Gasteiger partial charge on any atom is 0.311 e. The van der Waals surface area contributed by atoms with Crippen LogP contribution in [0.15, 0.2) is 0 Å². The van der Waals surface area contributed by atoms with Gasteiger partial charge in [0.2, 0.25) is 5.91 Å². The SMILES string of the molecule is CNC1(CC(=O)NC2CCCC2(C)C(=O)O)CCCCC1. The largest absolute Gasteiger partial charge is 0.481 e. The van der Waals surface area contributed by atoms with Gasteiger partial charge in [0.15, 0.2) is 0 Å². The molecule has 0 spiro atoms. The van der Waals surface area contributed by atoms with E-state index in [0.29, 0.717) is 12.8 Å². The van der Waals surface area contributed by atoms with Crippen molar-refractivity contribution in [1.82, 2.24) is 10.6 Å². The van der Waals surface area contributed by atoms with Crippen LogP contribution < -0.4 is 10.6 Å². The van der Waals surface area contributed by atoms with E-state index in [4.69, 9.17) is 0 Å². The molecule has 5 nitrogen and oxygen atoms in total. The molecular weight excluding hydrogens is 268 g/mol. The minimum atomic E-state index is -0.810. The second-order valence-corrected chi connectivity index (χ2v) is 7.00. The van der Waals surface area contributed by atoms with Crippen molar-refractivity contribution in [2.24, 2.45) is 5.41 Å². The molecule has 0 aliphatic heterocycles. The van der Waals surface area contributed by atoms with Crippen LogP contribution in [-0.2, 0) is 9.59 Å². The second-order valence-electron chi connectivity index (χ2n) is 7.00. The summed E-state index contributed by atoms with van der Waals surface area (Å²) >= 11 is 0. The van der Waals surface area contributed by atoms with Crippen LogP contribution in [0.4, 0.5) is 0 Å². The standard InChI is InChI=1S/C16H28N2O3/c1-15(14(20)21)8-6-7-12(15)18-13(19)11-16(17-2)9-4-3-5-10-16/h12,17H,3-11H2,1-2H3,(H,18,19)(H,20,21). The van der Waals surface area contributed by atoms with Crippen LogP contribution in [0.1, 0.15) is 64.7 Å². The molecule has 0 radical (unpaired) electrons. The number of hydrogen-bond donors (Lipinski definition) is 3. The van der Waals surface area contributed by atoms with Crippen molar-refractivity contribution >= 4 is 11.9 Å². The molecule has 120 valence electrons. The number of nitrogens with one attached hydrogen (secondary N) is 2. The normalized spacial score (nSPS) is 31.8. The predicted octanol–water partition coefficient (Wildman–Crippen LogP) is 2.06. The fraction of sp³-hybridized carbons (Fsp3) is 0.875. The molecule has 5 heteroatoms. The van der Waals surface area contributed by atoms with E-state index in [9.17, 15) is 14.7 Å². The Hall–Kier alpha value is -1.10. The summed E-state index contributed by atoms with van der Waals surface area (Å²) in [5.41, 5.74) is -0.907. The van der Waals surface area contributed by atoms with Gasteiger partial charge in [-0.25, -0.2) is 0 Å². The number of carboxylic acid groups (broad SMARTS) is 1. The molecule has 2 fully saturated rings. The first-order chi connectivity index (χ1) is 9.92. The summed E-state index contributed by atoms with van der Waals surface area (Å²) in [6.07, 6.45) is 8.33.